The monoisotopic (exact) mass is 204 g/mol. The number of fused-ring (bicyclic) bond motifs is 2. The molecule has 58 valence electrons. The molecule has 0 radical (unpaired) electrons. The molecule has 0 aromatic carbocycles. The number of alkyl halides is 1. The fraction of sp³-hybridized carbons (Fsp3) is 1.00. The number of hydrogen-bond acceptors (Lipinski definition) is 1. The van der Waals surface area contributed by atoms with Crippen LogP contribution in [0, 0.1) is 17.8 Å². The molecule has 2 unspecified atom stereocenters. The van der Waals surface area contributed by atoms with Crippen LogP contribution in [-0.2, 0) is 0 Å². The van der Waals surface area contributed by atoms with Crippen LogP contribution in [0.3, 0.4) is 0 Å². The van der Waals surface area contributed by atoms with Crippen LogP contribution in [0.25, 0.3) is 0 Å². The Hall–Kier alpha value is 0.440. The molecule has 0 aromatic rings. The lowest BCUT2D eigenvalue weighted by Crippen LogP contribution is -2.44. The predicted molar refractivity (Wildman–Crippen MR) is 44.1 cm³/mol. The van der Waals surface area contributed by atoms with Gasteiger partial charge in [-0.3, -0.25) is 0 Å². The molecule has 3 rings (SSSR count). The van der Waals surface area contributed by atoms with E-state index in [4.69, 9.17) is 5.11 Å². The van der Waals surface area contributed by atoms with Gasteiger partial charge < -0.3 is 5.11 Å². The van der Waals surface area contributed by atoms with E-state index in [1.165, 1.54) is 19.3 Å². The van der Waals surface area contributed by atoms with E-state index in [-0.39, 0.29) is 0 Å². The fourth-order valence-corrected chi connectivity index (χ4v) is 3.20. The van der Waals surface area contributed by atoms with Crippen molar-refractivity contribution in [3.8, 4) is 0 Å². The van der Waals surface area contributed by atoms with E-state index in [0.717, 1.165) is 11.8 Å². The van der Waals surface area contributed by atoms with Gasteiger partial charge in [0.05, 0.1) is 0 Å². The zero-order valence-electron chi connectivity index (χ0n) is 5.96. The molecule has 0 spiro atoms. The summed E-state index contributed by atoms with van der Waals surface area (Å²) < 4.78 is 0. The van der Waals surface area contributed by atoms with Crippen molar-refractivity contribution in [2.24, 2.45) is 17.8 Å². The highest BCUT2D eigenvalue weighted by atomic mass is 79.9. The third-order valence-electron chi connectivity index (χ3n) is 3.15. The smallest absolute Gasteiger partial charge is 0.0462 e. The minimum atomic E-state index is 0.402. The number of rotatable bonds is 1. The van der Waals surface area contributed by atoms with Gasteiger partial charge in [-0.25, -0.2) is 0 Å². The average molecular weight is 205 g/mol. The third kappa shape index (κ3) is 0.928. The number of aliphatic hydroxyl groups is 1. The molecule has 10 heavy (non-hydrogen) atoms. The zero-order chi connectivity index (χ0) is 7.14. The summed E-state index contributed by atoms with van der Waals surface area (Å²) in [5, 5.41) is 8.98. The largest absolute Gasteiger partial charge is 0.396 e. The molecule has 2 atom stereocenters. The molecular weight excluding hydrogens is 192 g/mol. The topological polar surface area (TPSA) is 20.2 Å². The molecule has 0 heterocycles. The van der Waals surface area contributed by atoms with Crippen molar-refractivity contribution in [2.45, 2.75) is 24.1 Å². The minimum absolute atomic E-state index is 0.402. The van der Waals surface area contributed by atoms with Gasteiger partial charge in [0.15, 0.2) is 0 Å². The van der Waals surface area contributed by atoms with Crippen molar-refractivity contribution < 1.29 is 5.11 Å². The fourth-order valence-electron chi connectivity index (χ4n) is 2.29. The lowest BCUT2D eigenvalue weighted by molar-refractivity contribution is 0.0240. The Kier molecular flexibility index (Phi) is 1.77. The van der Waals surface area contributed by atoms with Crippen LogP contribution >= 0.6 is 15.9 Å². The Morgan fingerprint density at radius 3 is 2.30 bits per heavy atom. The van der Waals surface area contributed by atoms with Gasteiger partial charge >= 0.3 is 0 Å². The van der Waals surface area contributed by atoms with Gasteiger partial charge in [-0.1, -0.05) is 15.9 Å². The summed E-state index contributed by atoms with van der Waals surface area (Å²) in [5.41, 5.74) is 0. The Morgan fingerprint density at radius 2 is 1.90 bits per heavy atom. The Labute approximate surface area is 69.9 Å². The Bertz CT molecular complexity index is 131. The summed E-state index contributed by atoms with van der Waals surface area (Å²) >= 11 is 3.66. The molecule has 0 aliphatic heterocycles. The molecule has 3 aliphatic carbocycles. The average Bonchev–Trinajstić information content (AvgIpc) is 1.84. The lowest BCUT2D eigenvalue weighted by Gasteiger charge is -2.49. The molecule has 2 bridgehead atoms. The number of halogens is 1. The first-order valence-electron chi connectivity index (χ1n) is 4.06. The first-order valence-corrected chi connectivity index (χ1v) is 4.97. The van der Waals surface area contributed by atoms with Crippen LogP contribution in [0.15, 0.2) is 0 Å². The summed E-state index contributed by atoms with van der Waals surface area (Å²) in [4.78, 5) is 0.703. The maximum Gasteiger partial charge on any atom is 0.0462 e. The quantitative estimate of drug-likeness (QED) is 0.647. The van der Waals surface area contributed by atoms with Crippen LogP contribution in [0.1, 0.15) is 19.3 Å². The normalized spacial score (nSPS) is 52.2. The van der Waals surface area contributed by atoms with Gasteiger partial charge in [0, 0.05) is 11.4 Å². The molecular formula is C8H13BrO. The molecule has 3 aliphatic rings. The zero-order valence-corrected chi connectivity index (χ0v) is 7.55. The Balaban J connectivity index is 1.99. The van der Waals surface area contributed by atoms with Crippen LogP contribution in [0.5, 0.6) is 0 Å². The van der Waals surface area contributed by atoms with E-state index < -0.39 is 0 Å². The van der Waals surface area contributed by atoms with Crippen LogP contribution in [0.4, 0.5) is 0 Å². The first-order chi connectivity index (χ1) is 4.81. The second-order valence-electron chi connectivity index (χ2n) is 3.69. The highest BCUT2D eigenvalue weighted by Crippen LogP contribution is 2.51. The van der Waals surface area contributed by atoms with E-state index in [1.54, 1.807) is 0 Å². The van der Waals surface area contributed by atoms with Crippen LogP contribution in [-0.4, -0.2) is 16.5 Å². The maximum absolute atomic E-state index is 8.98. The molecule has 3 fully saturated rings. The van der Waals surface area contributed by atoms with E-state index in [0.29, 0.717) is 17.4 Å². The first kappa shape index (κ1) is 7.11. The molecule has 0 amide bonds. The van der Waals surface area contributed by atoms with Gasteiger partial charge in [-0.05, 0) is 37.0 Å². The van der Waals surface area contributed by atoms with Gasteiger partial charge in [0.25, 0.3) is 0 Å². The van der Waals surface area contributed by atoms with E-state index in [1.807, 2.05) is 0 Å². The third-order valence-corrected chi connectivity index (χ3v) is 4.27. The van der Waals surface area contributed by atoms with Gasteiger partial charge in [0.1, 0.15) is 0 Å². The summed E-state index contributed by atoms with van der Waals surface area (Å²) in [5.74, 6) is 2.41. The number of hydrogen-bond donors (Lipinski definition) is 1. The van der Waals surface area contributed by atoms with Crippen molar-refractivity contribution >= 4 is 15.9 Å². The summed E-state index contributed by atoms with van der Waals surface area (Å²) in [6.07, 6.45) is 3.92. The van der Waals surface area contributed by atoms with Crippen molar-refractivity contribution in [1.82, 2.24) is 0 Å². The van der Waals surface area contributed by atoms with E-state index in [9.17, 15) is 0 Å². The molecule has 2 heteroatoms. The van der Waals surface area contributed by atoms with Gasteiger partial charge in [-0.15, -0.1) is 0 Å². The van der Waals surface area contributed by atoms with Crippen molar-refractivity contribution in [3.63, 3.8) is 0 Å². The molecule has 0 saturated heterocycles. The second-order valence-corrected chi connectivity index (χ2v) is 4.86. The predicted octanol–water partition coefficient (Wildman–Crippen LogP) is 1.79. The van der Waals surface area contributed by atoms with Crippen molar-refractivity contribution in [3.05, 3.63) is 0 Å². The molecule has 3 saturated carbocycles. The van der Waals surface area contributed by atoms with Crippen LogP contribution < -0.4 is 0 Å². The summed E-state index contributed by atoms with van der Waals surface area (Å²) in [7, 11) is 0. The summed E-state index contributed by atoms with van der Waals surface area (Å²) in [6.45, 7) is 0.402. The SMILES string of the molecule is OCC1CC(Br)C2CC1C2. The minimum Gasteiger partial charge on any atom is -0.396 e. The second kappa shape index (κ2) is 2.49. The highest BCUT2D eigenvalue weighted by Gasteiger charge is 2.44. The molecule has 1 N–H and O–H groups in total. The van der Waals surface area contributed by atoms with Gasteiger partial charge in [0.2, 0.25) is 0 Å². The molecule has 1 nitrogen and oxygen atoms in total. The Morgan fingerprint density at radius 1 is 1.20 bits per heavy atom. The standard InChI is InChI=1S/C8H13BrO/c9-8-3-7(4-10)5-1-6(8)2-5/h5-8,10H,1-4H2. The van der Waals surface area contributed by atoms with Crippen molar-refractivity contribution in [2.75, 3.05) is 6.61 Å². The summed E-state index contributed by atoms with van der Waals surface area (Å²) in [6, 6.07) is 0. The van der Waals surface area contributed by atoms with E-state index in [2.05, 4.69) is 15.9 Å². The van der Waals surface area contributed by atoms with Crippen molar-refractivity contribution in [1.29, 1.82) is 0 Å². The van der Waals surface area contributed by atoms with Gasteiger partial charge in [-0.2, -0.15) is 0 Å². The number of aliphatic hydroxyl groups excluding tert-OH is 1. The van der Waals surface area contributed by atoms with Crippen LogP contribution in [0.2, 0.25) is 0 Å². The maximum atomic E-state index is 8.98. The van der Waals surface area contributed by atoms with E-state index >= 15 is 0 Å². The molecule has 0 aromatic heterocycles. The highest BCUT2D eigenvalue weighted by molar-refractivity contribution is 9.09. The lowest BCUT2D eigenvalue weighted by atomic mass is 9.60.